The first-order valence-electron chi connectivity index (χ1n) is 7.45. The number of hydrogen-bond donors (Lipinski definition) is 0. The Morgan fingerprint density at radius 1 is 1.20 bits per heavy atom. The van der Waals surface area contributed by atoms with Gasteiger partial charge in [0.2, 0.25) is 0 Å². The minimum Gasteiger partial charge on any atom is -0.492 e. The van der Waals surface area contributed by atoms with Crippen molar-refractivity contribution in [3.8, 4) is 5.75 Å². The lowest BCUT2D eigenvalue weighted by Gasteiger charge is -2.31. The molecule has 112 valence electrons. The number of benzene rings is 1. The highest BCUT2D eigenvalue weighted by Crippen LogP contribution is 2.27. The van der Waals surface area contributed by atoms with Gasteiger partial charge >= 0.3 is 0 Å². The summed E-state index contributed by atoms with van der Waals surface area (Å²) in [6.45, 7) is 1.77. The van der Waals surface area contributed by atoms with Crippen LogP contribution in [0.3, 0.4) is 0 Å². The molecule has 0 radical (unpaired) electrons. The summed E-state index contributed by atoms with van der Waals surface area (Å²) < 4.78 is 5.71. The van der Waals surface area contributed by atoms with Gasteiger partial charge in [0.25, 0.3) is 0 Å². The van der Waals surface area contributed by atoms with Crippen LogP contribution < -0.4 is 4.74 Å². The number of nitrogens with zero attached hydrogens (tertiary/aromatic N) is 1. The van der Waals surface area contributed by atoms with Gasteiger partial charge in [-0.25, -0.2) is 0 Å². The van der Waals surface area contributed by atoms with Gasteiger partial charge in [-0.3, -0.25) is 0 Å². The summed E-state index contributed by atoms with van der Waals surface area (Å²) in [6.07, 6.45) is 7.88. The molecule has 0 aliphatic heterocycles. The first kappa shape index (κ1) is 15.9. The van der Waals surface area contributed by atoms with Crippen molar-refractivity contribution in [2.24, 2.45) is 0 Å². The van der Waals surface area contributed by atoms with Crippen LogP contribution in [0.4, 0.5) is 0 Å². The van der Waals surface area contributed by atoms with Gasteiger partial charge in [0.1, 0.15) is 5.75 Å². The SMILES string of the molecule is CN(CCCOc1ccc(Cl)cc1Cl)C1CCCCC1. The summed E-state index contributed by atoms with van der Waals surface area (Å²) in [5.74, 6) is 0.719. The van der Waals surface area contributed by atoms with Gasteiger partial charge in [-0.05, 0) is 44.5 Å². The maximum absolute atomic E-state index is 6.07. The highest BCUT2D eigenvalue weighted by molar-refractivity contribution is 6.35. The monoisotopic (exact) mass is 315 g/mol. The highest BCUT2D eigenvalue weighted by atomic mass is 35.5. The van der Waals surface area contributed by atoms with Gasteiger partial charge in [0.15, 0.2) is 0 Å². The molecule has 0 N–H and O–H groups in total. The summed E-state index contributed by atoms with van der Waals surface area (Å²) in [5, 5.41) is 1.22. The summed E-state index contributed by atoms with van der Waals surface area (Å²) in [5.41, 5.74) is 0. The topological polar surface area (TPSA) is 12.5 Å². The average Bonchev–Trinajstić information content (AvgIpc) is 2.46. The summed E-state index contributed by atoms with van der Waals surface area (Å²) >= 11 is 11.9. The molecule has 20 heavy (non-hydrogen) atoms. The Morgan fingerprint density at radius 3 is 2.65 bits per heavy atom. The number of rotatable bonds is 6. The molecule has 0 unspecified atom stereocenters. The third-order valence-corrected chi connectivity index (χ3v) is 4.54. The molecule has 0 amide bonds. The number of ether oxygens (including phenoxy) is 1. The normalized spacial score (nSPS) is 16.6. The smallest absolute Gasteiger partial charge is 0.137 e. The Kier molecular flexibility index (Phi) is 6.47. The van der Waals surface area contributed by atoms with Crippen LogP contribution in [0.1, 0.15) is 38.5 Å². The molecule has 0 heterocycles. The zero-order valence-electron chi connectivity index (χ0n) is 12.1. The average molecular weight is 316 g/mol. The first-order valence-corrected chi connectivity index (χ1v) is 8.20. The van der Waals surface area contributed by atoms with Crippen molar-refractivity contribution < 1.29 is 4.74 Å². The van der Waals surface area contributed by atoms with E-state index < -0.39 is 0 Å². The standard InChI is InChI=1S/C16H23Cl2NO/c1-19(14-6-3-2-4-7-14)10-5-11-20-16-9-8-13(17)12-15(16)18/h8-9,12,14H,2-7,10-11H2,1H3. The zero-order chi connectivity index (χ0) is 14.4. The lowest BCUT2D eigenvalue weighted by Crippen LogP contribution is -2.34. The van der Waals surface area contributed by atoms with Crippen LogP contribution in [0.15, 0.2) is 18.2 Å². The maximum atomic E-state index is 6.07. The lowest BCUT2D eigenvalue weighted by molar-refractivity contribution is 0.177. The second kappa shape index (κ2) is 8.11. The second-order valence-electron chi connectivity index (χ2n) is 5.55. The Hall–Kier alpha value is -0.440. The third-order valence-electron chi connectivity index (χ3n) is 4.00. The summed E-state index contributed by atoms with van der Waals surface area (Å²) in [4.78, 5) is 2.48. The molecule has 2 nitrogen and oxygen atoms in total. The summed E-state index contributed by atoms with van der Waals surface area (Å²) in [6, 6.07) is 6.11. The van der Waals surface area contributed by atoms with Crippen LogP contribution >= 0.6 is 23.2 Å². The minimum atomic E-state index is 0.582. The van der Waals surface area contributed by atoms with Crippen LogP contribution in [-0.2, 0) is 0 Å². The van der Waals surface area contributed by atoms with E-state index in [4.69, 9.17) is 27.9 Å². The van der Waals surface area contributed by atoms with Gasteiger partial charge in [-0.2, -0.15) is 0 Å². The van der Waals surface area contributed by atoms with E-state index in [0.29, 0.717) is 16.7 Å². The fourth-order valence-electron chi connectivity index (χ4n) is 2.79. The van der Waals surface area contributed by atoms with Gasteiger partial charge in [0.05, 0.1) is 11.6 Å². The zero-order valence-corrected chi connectivity index (χ0v) is 13.6. The van der Waals surface area contributed by atoms with Crippen molar-refractivity contribution in [3.63, 3.8) is 0 Å². The van der Waals surface area contributed by atoms with Gasteiger partial charge < -0.3 is 9.64 Å². The lowest BCUT2D eigenvalue weighted by atomic mass is 9.94. The quantitative estimate of drug-likeness (QED) is 0.683. The van der Waals surface area contributed by atoms with E-state index in [1.165, 1.54) is 32.1 Å². The molecule has 0 saturated heterocycles. The van der Waals surface area contributed by atoms with Crippen LogP contribution in [0.2, 0.25) is 10.0 Å². The molecule has 1 aliphatic rings. The van der Waals surface area contributed by atoms with E-state index in [9.17, 15) is 0 Å². The van der Waals surface area contributed by atoms with Crippen LogP contribution in [0, 0.1) is 0 Å². The van der Waals surface area contributed by atoms with Crippen LogP contribution in [-0.4, -0.2) is 31.1 Å². The molecular formula is C16H23Cl2NO. The van der Waals surface area contributed by atoms with Crippen molar-refractivity contribution >= 4 is 23.2 Å². The third kappa shape index (κ3) is 4.83. The van der Waals surface area contributed by atoms with Crippen LogP contribution in [0.25, 0.3) is 0 Å². The minimum absolute atomic E-state index is 0.582. The Balaban J connectivity index is 1.68. The van der Waals surface area contributed by atoms with Gasteiger partial charge in [-0.1, -0.05) is 42.5 Å². The summed E-state index contributed by atoms with van der Waals surface area (Å²) in [7, 11) is 2.23. The van der Waals surface area contributed by atoms with E-state index in [-0.39, 0.29) is 0 Å². The molecular weight excluding hydrogens is 293 g/mol. The first-order chi connectivity index (χ1) is 9.66. The predicted molar refractivity (Wildman–Crippen MR) is 86.1 cm³/mol. The van der Waals surface area contributed by atoms with E-state index in [1.54, 1.807) is 12.1 Å². The molecule has 2 rings (SSSR count). The molecule has 1 saturated carbocycles. The second-order valence-corrected chi connectivity index (χ2v) is 6.39. The van der Waals surface area contributed by atoms with E-state index in [0.717, 1.165) is 24.8 Å². The van der Waals surface area contributed by atoms with Crippen LogP contribution in [0.5, 0.6) is 5.75 Å². The highest BCUT2D eigenvalue weighted by Gasteiger charge is 2.17. The van der Waals surface area contributed by atoms with Gasteiger partial charge in [-0.15, -0.1) is 0 Å². The van der Waals surface area contributed by atoms with E-state index in [1.807, 2.05) is 6.07 Å². The van der Waals surface area contributed by atoms with Gasteiger partial charge in [0, 0.05) is 17.6 Å². The Bertz CT molecular complexity index is 419. The number of hydrogen-bond acceptors (Lipinski definition) is 2. The van der Waals surface area contributed by atoms with Crippen molar-refractivity contribution in [3.05, 3.63) is 28.2 Å². The molecule has 1 aliphatic carbocycles. The Morgan fingerprint density at radius 2 is 1.95 bits per heavy atom. The molecule has 0 bridgehead atoms. The predicted octanol–water partition coefficient (Wildman–Crippen LogP) is 5.03. The fourth-order valence-corrected chi connectivity index (χ4v) is 3.26. The van der Waals surface area contributed by atoms with Crippen molar-refractivity contribution in [1.29, 1.82) is 0 Å². The largest absolute Gasteiger partial charge is 0.492 e. The molecule has 4 heteroatoms. The van der Waals surface area contributed by atoms with E-state index in [2.05, 4.69) is 11.9 Å². The maximum Gasteiger partial charge on any atom is 0.137 e. The fraction of sp³-hybridized carbons (Fsp3) is 0.625. The van der Waals surface area contributed by atoms with Crippen molar-refractivity contribution in [1.82, 2.24) is 4.90 Å². The Labute approximate surface area is 132 Å². The van der Waals surface area contributed by atoms with E-state index >= 15 is 0 Å². The molecule has 0 spiro atoms. The molecule has 0 atom stereocenters. The molecule has 1 fully saturated rings. The molecule has 0 aromatic heterocycles. The van der Waals surface area contributed by atoms with Crippen molar-refractivity contribution in [2.75, 3.05) is 20.2 Å². The molecule has 1 aromatic carbocycles. The van der Waals surface area contributed by atoms with Crippen molar-refractivity contribution in [2.45, 2.75) is 44.6 Å². The number of halogens is 2. The molecule has 1 aromatic rings.